The van der Waals surface area contributed by atoms with Gasteiger partial charge in [0.2, 0.25) is 11.8 Å². The second-order valence-electron chi connectivity index (χ2n) is 9.64. The summed E-state index contributed by atoms with van der Waals surface area (Å²) in [6.07, 6.45) is 0.701. The van der Waals surface area contributed by atoms with Crippen molar-refractivity contribution in [3.63, 3.8) is 0 Å². The molecule has 0 saturated heterocycles. The Balaban J connectivity index is 2.05. The lowest BCUT2D eigenvalue weighted by Crippen LogP contribution is -2.52. The first-order chi connectivity index (χ1) is 19.9. The molecule has 0 heterocycles. The van der Waals surface area contributed by atoms with Crippen molar-refractivity contribution in [2.45, 2.75) is 57.6 Å². The third-order valence-corrected chi connectivity index (χ3v) is 9.54. The number of rotatable bonds is 13. The Hall–Kier alpha value is -2.79. The van der Waals surface area contributed by atoms with Crippen molar-refractivity contribution in [2.75, 3.05) is 17.5 Å². The highest BCUT2D eigenvalue weighted by atomic mass is 79.9. The van der Waals surface area contributed by atoms with Gasteiger partial charge < -0.3 is 15.0 Å². The lowest BCUT2D eigenvalue weighted by Gasteiger charge is -2.32. The van der Waals surface area contributed by atoms with E-state index in [9.17, 15) is 18.0 Å². The van der Waals surface area contributed by atoms with Gasteiger partial charge in [0, 0.05) is 27.1 Å². The van der Waals surface area contributed by atoms with Gasteiger partial charge in [0.15, 0.2) is 0 Å². The quantitative estimate of drug-likeness (QED) is 0.215. The molecule has 42 heavy (non-hydrogen) atoms. The maximum atomic E-state index is 14.1. The molecular weight excluding hydrogens is 665 g/mol. The molecule has 0 aliphatic heterocycles. The van der Waals surface area contributed by atoms with Gasteiger partial charge in [-0.2, -0.15) is 0 Å². The highest BCUT2D eigenvalue weighted by molar-refractivity contribution is 9.10. The summed E-state index contributed by atoms with van der Waals surface area (Å²) >= 11 is 15.8. The summed E-state index contributed by atoms with van der Waals surface area (Å²) in [6, 6.07) is 16.4. The van der Waals surface area contributed by atoms with E-state index in [2.05, 4.69) is 21.2 Å². The van der Waals surface area contributed by atoms with E-state index in [-0.39, 0.29) is 29.1 Å². The first-order valence-electron chi connectivity index (χ1n) is 13.4. The van der Waals surface area contributed by atoms with Crippen LogP contribution in [0.2, 0.25) is 10.0 Å². The van der Waals surface area contributed by atoms with Crippen molar-refractivity contribution in [2.24, 2.45) is 0 Å². The standard InChI is InChI=1S/C30H34BrCl2N3O5S/c1-5-20(3)34-30(38)21(4)35(18-22-7-10-24(32)17-28(22)33)29(37)19-36(25-11-13-26(14-12-25)41-6-2)42(39,40)27-15-8-23(31)9-16-27/h7-17,20-21H,5-6,18-19H2,1-4H3,(H,34,38)/t20-,21+/m1/s1. The molecule has 3 rings (SSSR count). The normalized spacial score (nSPS) is 12.7. The van der Waals surface area contributed by atoms with Crippen molar-refractivity contribution in [3.05, 3.63) is 86.8 Å². The molecule has 0 saturated carbocycles. The number of benzene rings is 3. The minimum atomic E-state index is -4.20. The fourth-order valence-corrected chi connectivity index (χ4v) is 6.17. The van der Waals surface area contributed by atoms with Crippen LogP contribution in [0.4, 0.5) is 5.69 Å². The van der Waals surface area contributed by atoms with Crippen LogP contribution in [0.25, 0.3) is 0 Å². The molecule has 8 nitrogen and oxygen atoms in total. The van der Waals surface area contributed by atoms with Crippen LogP contribution in [-0.4, -0.2) is 50.4 Å². The minimum Gasteiger partial charge on any atom is -0.494 e. The van der Waals surface area contributed by atoms with E-state index in [0.717, 1.165) is 4.31 Å². The van der Waals surface area contributed by atoms with Gasteiger partial charge in [0.1, 0.15) is 18.3 Å². The summed E-state index contributed by atoms with van der Waals surface area (Å²) in [6.45, 7) is 7.08. The Kier molecular flexibility index (Phi) is 12.1. The highest BCUT2D eigenvalue weighted by Crippen LogP contribution is 2.28. The summed E-state index contributed by atoms with van der Waals surface area (Å²) < 4.78 is 35.1. The van der Waals surface area contributed by atoms with Gasteiger partial charge in [-0.3, -0.25) is 13.9 Å². The molecule has 226 valence electrons. The van der Waals surface area contributed by atoms with Crippen LogP contribution < -0.4 is 14.4 Å². The lowest BCUT2D eigenvalue weighted by atomic mass is 10.1. The van der Waals surface area contributed by atoms with Crippen molar-refractivity contribution >= 4 is 66.7 Å². The predicted octanol–water partition coefficient (Wildman–Crippen LogP) is 6.68. The number of halogens is 3. The first kappa shape index (κ1) is 33.7. The van der Waals surface area contributed by atoms with Crippen molar-refractivity contribution in [1.82, 2.24) is 10.2 Å². The Morgan fingerprint density at radius 2 is 1.62 bits per heavy atom. The number of anilines is 1. The van der Waals surface area contributed by atoms with Gasteiger partial charge in [-0.15, -0.1) is 0 Å². The summed E-state index contributed by atoms with van der Waals surface area (Å²) in [7, 11) is -4.20. The smallest absolute Gasteiger partial charge is 0.264 e. The van der Waals surface area contributed by atoms with Gasteiger partial charge >= 0.3 is 0 Å². The topological polar surface area (TPSA) is 96.0 Å². The number of carbonyl (C=O) groups is 2. The molecule has 0 radical (unpaired) electrons. The fraction of sp³-hybridized carbons (Fsp3) is 0.333. The van der Waals surface area contributed by atoms with Crippen LogP contribution in [0.5, 0.6) is 5.75 Å². The lowest BCUT2D eigenvalue weighted by molar-refractivity contribution is -0.139. The van der Waals surface area contributed by atoms with Gasteiger partial charge in [0.05, 0.1) is 17.2 Å². The number of hydrogen-bond acceptors (Lipinski definition) is 5. The molecule has 0 unspecified atom stereocenters. The number of nitrogens with zero attached hydrogens (tertiary/aromatic N) is 2. The molecule has 12 heteroatoms. The number of amides is 2. The van der Waals surface area contributed by atoms with Gasteiger partial charge in [-0.1, -0.05) is 52.1 Å². The van der Waals surface area contributed by atoms with Gasteiger partial charge in [0.25, 0.3) is 10.0 Å². The molecular formula is C30H34BrCl2N3O5S. The van der Waals surface area contributed by atoms with Crippen molar-refractivity contribution in [3.8, 4) is 5.75 Å². The van der Waals surface area contributed by atoms with Crippen molar-refractivity contribution < 1.29 is 22.7 Å². The van der Waals surface area contributed by atoms with Gasteiger partial charge in [-0.25, -0.2) is 8.42 Å². The average Bonchev–Trinajstić information content (AvgIpc) is 2.95. The summed E-state index contributed by atoms with van der Waals surface area (Å²) in [5.74, 6) is -0.406. The molecule has 3 aromatic rings. The maximum absolute atomic E-state index is 14.1. The van der Waals surface area contributed by atoms with E-state index < -0.39 is 28.5 Å². The van der Waals surface area contributed by atoms with Crippen LogP contribution in [0.15, 0.2) is 76.1 Å². The SMILES string of the molecule is CCOc1ccc(N(CC(=O)N(Cc2ccc(Cl)cc2Cl)[C@@H](C)C(=O)N[C@H](C)CC)S(=O)(=O)c2ccc(Br)cc2)cc1. The zero-order valence-corrected chi connectivity index (χ0v) is 27.7. The second kappa shape index (κ2) is 15.1. The molecule has 0 bridgehead atoms. The molecule has 0 aliphatic rings. The molecule has 1 N–H and O–H groups in total. The van der Waals surface area contributed by atoms with E-state index in [1.54, 1.807) is 61.5 Å². The molecule has 2 amide bonds. The zero-order valence-electron chi connectivity index (χ0n) is 23.8. The van der Waals surface area contributed by atoms with E-state index in [1.807, 2.05) is 20.8 Å². The second-order valence-corrected chi connectivity index (χ2v) is 13.3. The van der Waals surface area contributed by atoms with Crippen LogP contribution in [0.1, 0.15) is 39.7 Å². The molecule has 2 atom stereocenters. The molecule has 0 fully saturated rings. The van der Waals surface area contributed by atoms with Gasteiger partial charge in [-0.05, 0) is 93.4 Å². The molecule has 0 spiro atoms. The summed E-state index contributed by atoms with van der Waals surface area (Å²) in [5.41, 5.74) is 0.817. The predicted molar refractivity (Wildman–Crippen MR) is 171 cm³/mol. The maximum Gasteiger partial charge on any atom is 0.264 e. The van der Waals surface area contributed by atoms with E-state index >= 15 is 0 Å². The Morgan fingerprint density at radius 3 is 2.19 bits per heavy atom. The molecule has 0 aromatic heterocycles. The Labute approximate surface area is 266 Å². The van der Waals surface area contributed by atoms with E-state index in [1.165, 1.54) is 17.0 Å². The summed E-state index contributed by atoms with van der Waals surface area (Å²) in [5, 5.41) is 3.64. The zero-order chi connectivity index (χ0) is 31.0. The number of carbonyl (C=O) groups excluding carboxylic acids is 2. The van der Waals surface area contributed by atoms with E-state index in [4.69, 9.17) is 27.9 Å². The third-order valence-electron chi connectivity index (χ3n) is 6.64. The Bertz CT molecular complexity index is 1490. The molecule has 0 aliphatic carbocycles. The average molecular weight is 699 g/mol. The van der Waals surface area contributed by atoms with E-state index in [0.29, 0.717) is 38.9 Å². The number of ether oxygens (including phenoxy) is 1. The minimum absolute atomic E-state index is 0.00208. The number of hydrogen-bond donors (Lipinski definition) is 1. The molecule has 3 aromatic carbocycles. The third kappa shape index (κ3) is 8.63. The van der Waals surface area contributed by atoms with Crippen molar-refractivity contribution in [1.29, 1.82) is 0 Å². The Morgan fingerprint density at radius 1 is 0.976 bits per heavy atom. The number of nitrogens with one attached hydrogen (secondary N) is 1. The van der Waals surface area contributed by atoms with Crippen LogP contribution in [0, 0.1) is 0 Å². The monoisotopic (exact) mass is 697 g/mol. The van der Waals surface area contributed by atoms with Crippen LogP contribution >= 0.6 is 39.1 Å². The highest BCUT2D eigenvalue weighted by Gasteiger charge is 2.33. The first-order valence-corrected chi connectivity index (χ1v) is 16.4. The largest absolute Gasteiger partial charge is 0.494 e. The summed E-state index contributed by atoms with van der Waals surface area (Å²) in [4.78, 5) is 28.6. The van der Waals surface area contributed by atoms with Crippen LogP contribution in [-0.2, 0) is 26.2 Å². The fourth-order valence-electron chi connectivity index (χ4n) is 4.02. The van der Waals surface area contributed by atoms with Crippen LogP contribution in [0.3, 0.4) is 0 Å². The number of sulfonamides is 1.